The minimum atomic E-state index is -1.01. The van der Waals surface area contributed by atoms with E-state index in [1.807, 2.05) is 98.8 Å². The second kappa shape index (κ2) is 38.8. The molecule has 1 saturated carbocycles. The Morgan fingerprint density at radius 3 is 1.33 bits per heavy atom. The molecule has 5 fully saturated rings. The molecule has 9 rings (SSSR count). The molecule has 1 aliphatic carbocycles. The van der Waals surface area contributed by atoms with Crippen LogP contribution in [0, 0.1) is 23.7 Å². The van der Waals surface area contributed by atoms with Crippen molar-refractivity contribution in [2.24, 2.45) is 23.7 Å². The Bertz CT molecular complexity index is 2940. The number of nitrogens with one attached hydrogen (secondary N) is 9. The highest BCUT2D eigenvalue weighted by Gasteiger charge is 2.50. The van der Waals surface area contributed by atoms with E-state index in [1.165, 1.54) is 0 Å². The summed E-state index contributed by atoms with van der Waals surface area (Å²) in [5.41, 5.74) is 3.61. The number of benzene rings is 4. The van der Waals surface area contributed by atoms with Gasteiger partial charge in [-0.25, -0.2) is 0 Å². The van der Waals surface area contributed by atoms with Crippen LogP contribution in [-0.2, 0) is 60.9 Å². The van der Waals surface area contributed by atoms with Gasteiger partial charge in [0.25, 0.3) is 0 Å². The third kappa shape index (κ3) is 20.8. The van der Waals surface area contributed by atoms with Crippen LogP contribution >= 0.6 is 0 Å². The number of nitrogens with zero attached hydrogens (tertiary/aromatic N) is 2. The molecule has 0 aromatic heterocycles. The Hall–Kier alpha value is -7.40. The summed E-state index contributed by atoms with van der Waals surface area (Å²) in [7, 11) is 3.47. The van der Waals surface area contributed by atoms with Gasteiger partial charge in [-0.2, -0.15) is 0 Å². The van der Waals surface area contributed by atoms with Gasteiger partial charge in [0.2, 0.25) is 41.4 Å². The van der Waals surface area contributed by atoms with Crippen LogP contribution in [0.5, 0.6) is 0 Å². The summed E-state index contributed by atoms with van der Waals surface area (Å²) >= 11 is 0. The van der Waals surface area contributed by atoms with Crippen LogP contribution in [0.25, 0.3) is 0 Å². The van der Waals surface area contributed by atoms with Crippen molar-refractivity contribution in [1.82, 2.24) is 57.7 Å². The average Bonchev–Trinajstić information content (AvgIpc) is 1.63. The summed E-state index contributed by atoms with van der Waals surface area (Å²) in [4.78, 5) is 118. The Morgan fingerprint density at radius 2 is 0.888 bits per heavy atom. The summed E-state index contributed by atoms with van der Waals surface area (Å²) in [6.07, 6.45) is 12.1. The Morgan fingerprint density at radius 1 is 0.480 bits per heavy atom. The maximum Gasteiger partial charge on any atom is 0.247 e. The lowest BCUT2D eigenvalue weighted by atomic mass is 9.83. The van der Waals surface area contributed by atoms with Gasteiger partial charge in [-0.05, 0) is 182 Å². The topological polar surface area (TPSA) is 270 Å². The number of carbonyl (C=O) groups is 8. The third-order valence-electron chi connectivity index (χ3n) is 21.2. The normalized spacial score (nSPS) is 24.4. The minimum Gasteiger partial charge on any atom is -0.381 e. The summed E-state index contributed by atoms with van der Waals surface area (Å²) in [5, 5.41) is 28.5. The summed E-state index contributed by atoms with van der Waals surface area (Å²) in [6, 6.07) is 32.3. The lowest BCUT2D eigenvalue weighted by Gasteiger charge is -2.33. The van der Waals surface area contributed by atoms with Crippen molar-refractivity contribution in [2.45, 2.75) is 203 Å². The fourth-order valence-electron chi connectivity index (χ4n) is 15.5. The van der Waals surface area contributed by atoms with Crippen molar-refractivity contribution in [1.29, 1.82) is 0 Å². The first-order valence-corrected chi connectivity index (χ1v) is 36.5. The molecule has 0 bridgehead atoms. The molecule has 4 aromatic carbocycles. The highest BCUT2D eigenvalue weighted by atomic mass is 16.5. The highest BCUT2D eigenvalue weighted by Crippen LogP contribution is 2.38. The van der Waals surface area contributed by atoms with E-state index >= 15 is 0 Å². The van der Waals surface area contributed by atoms with Gasteiger partial charge in [-0.1, -0.05) is 135 Å². The summed E-state index contributed by atoms with van der Waals surface area (Å²) < 4.78 is 12.3. The van der Waals surface area contributed by atoms with Crippen molar-refractivity contribution in [3.05, 3.63) is 144 Å². The lowest BCUT2D eigenvalue weighted by Crippen LogP contribution is -2.58. The van der Waals surface area contributed by atoms with Crippen molar-refractivity contribution in [2.75, 3.05) is 60.2 Å². The second-order valence-electron chi connectivity index (χ2n) is 27.6. The molecule has 21 heteroatoms. The molecule has 12 atom stereocenters. The first-order valence-electron chi connectivity index (χ1n) is 36.5. The van der Waals surface area contributed by atoms with Crippen LogP contribution in [0.4, 0.5) is 0 Å². The number of hydrogen-bond donors (Lipinski definition) is 9. The van der Waals surface area contributed by atoms with Gasteiger partial charge < -0.3 is 67.1 Å². The maximum absolute atomic E-state index is 14.8. The third-order valence-corrected chi connectivity index (χ3v) is 21.2. The molecule has 5 aliphatic rings. The molecule has 0 radical (unpaired) electrons. The van der Waals surface area contributed by atoms with Gasteiger partial charge >= 0.3 is 0 Å². The van der Waals surface area contributed by atoms with Gasteiger partial charge in [0.05, 0.1) is 18.7 Å². The number of fused-ring (bicyclic) bond motifs is 2. The fourth-order valence-corrected chi connectivity index (χ4v) is 15.5. The van der Waals surface area contributed by atoms with E-state index in [0.29, 0.717) is 153 Å². The van der Waals surface area contributed by atoms with E-state index in [0.717, 1.165) is 43.2 Å². The van der Waals surface area contributed by atoms with Crippen LogP contribution in [0.1, 0.15) is 164 Å². The number of hydrogen-bond acceptors (Lipinski definition) is 14. The van der Waals surface area contributed by atoms with Crippen molar-refractivity contribution < 1.29 is 47.8 Å². The predicted octanol–water partition coefficient (Wildman–Crippen LogP) is 6.87. The van der Waals surface area contributed by atoms with Gasteiger partial charge in [0, 0.05) is 58.0 Å². The molecule has 98 heavy (non-hydrogen) atoms. The average molecular weight is 1350 g/mol. The molecule has 0 unspecified atom stereocenters. The number of Topliss-reactive ketones (excluding diaryl/α,β-unsaturated/α-hetero) is 1. The molecule has 7 amide bonds. The zero-order chi connectivity index (χ0) is 69.2. The zero-order valence-electron chi connectivity index (χ0n) is 58.2. The number of ether oxygens (including phenoxy) is 2. The van der Waals surface area contributed by atoms with Gasteiger partial charge in [-0.15, -0.1) is 0 Å². The van der Waals surface area contributed by atoms with Crippen LogP contribution in [0.3, 0.4) is 0 Å². The van der Waals surface area contributed by atoms with E-state index in [9.17, 15) is 38.4 Å². The molecule has 4 aliphatic heterocycles. The van der Waals surface area contributed by atoms with Crippen LogP contribution < -0.4 is 47.9 Å². The number of ketones is 1. The quantitative estimate of drug-likeness (QED) is 0.0209. The molecule has 532 valence electrons. The standard InChI is InChI=1S/C77H109N11O10/c1-5-62(78-3)71(90)85-69-58(41-43-80-48-52-20-11-7-12-21-52)33-35-60-37-39-64(87(60)76(69)95)73(92)83-67(56-24-15-9-16-25-56)66(89)28-19-46-97-50-54-29-31-55(32-30-54)51-98-47-45-82-75(94)68(57-26-17-10-18-27-57)84-74(93)65-40-38-61-36-34-59(42-44-81-49-53-22-13-8-14-23-53)70(77(96)88(61)65)86-72(91)63(6-2)79-4/h7-18,20-27,54-55,58-65,67-70,78-81H,5-6,19,28-51H2,1-4H3,(H,82,94)(H,83,92)(H,84,93)(H,85,90)(H,86,91)/t54?,55?,58-,59-,60+,61+,62+,63+,64+,65+,67+,68+,69+,70+/m1/s1. The second-order valence-corrected chi connectivity index (χ2v) is 27.6. The molecule has 9 N–H and O–H groups in total. The molecule has 4 saturated heterocycles. The molecular weight excluding hydrogens is 1240 g/mol. The summed E-state index contributed by atoms with van der Waals surface area (Å²) in [6.45, 7) is 8.60. The highest BCUT2D eigenvalue weighted by molar-refractivity contribution is 5.97. The zero-order valence-corrected chi connectivity index (χ0v) is 58.2. The predicted molar refractivity (Wildman–Crippen MR) is 377 cm³/mol. The first-order chi connectivity index (χ1) is 47.8. The van der Waals surface area contributed by atoms with Crippen molar-refractivity contribution in [3.8, 4) is 0 Å². The minimum absolute atomic E-state index is 0.133. The van der Waals surface area contributed by atoms with Crippen molar-refractivity contribution >= 4 is 47.1 Å². The number of rotatable bonds is 37. The van der Waals surface area contributed by atoms with Crippen molar-refractivity contribution in [3.63, 3.8) is 0 Å². The molecule has 21 nitrogen and oxygen atoms in total. The fraction of sp³-hybridized carbons (Fsp3) is 0.584. The molecule has 4 heterocycles. The number of amides is 7. The number of likely N-dealkylation sites (N-methyl/N-ethyl adjacent to an activating group) is 2. The van der Waals surface area contributed by atoms with E-state index < -0.39 is 54.2 Å². The Labute approximate surface area is 580 Å². The SMILES string of the molecule is CC[C@H](NC)C(=O)N[C@@H]1C(=O)N2[C@@H](CC[C@@H]1CCNCc1ccccc1)CC[C@H]2C(=O)N[C@H](C(=O)CCCOCC1CCC(COCCNC(=O)[C@@H](NC(=O)[C@@H]2CC[C@@H]3CC[C@H](CCNCc4ccccc4)[C@H](NC(=O)[C@H](CC)NC)C(=O)N32)c2ccccc2)CC1)c1ccccc1. The van der Waals surface area contributed by atoms with Crippen LogP contribution in [0.2, 0.25) is 0 Å². The Balaban J connectivity index is 0.699. The molecule has 4 aromatic rings. The molecule has 0 spiro atoms. The van der Waals surface area contributed by atoms with E-state index in [4.69, 9.17) is 9.47 Å². The van der Waals surface area contributed by atoms with E-state index in [-0.39, 0.29) is 78.1 Å². The van der Waals surface area contributed by atoms with Gasteiger partial charge in [0.15, 0.2) is 5.78 Å². The smallest absolute Gasteiger partial charge is 0.247 e. The summed E-state index contributed by atoms with van der Waals surface area (Å²) in [5.74, 6) is -1.82. The largest absolute Gasteiger partial charge is 0.381 e. The molecular formula is C77H109N11O10. The van der Waals surface area contributed by atoms with Crippen LogP contribution in [0.15, 0.2) is 121 Å². The monoisotopic (exact) mass is 1350 g/mol. The van der Waals surface area contributed by atoms with Crippen LogP contribution in [-0.4, -0.2) is 165 Å². The lowest BCUT2D eigenvalue weighted by molar-refractivity contribution is -0.144. The maximum atomic E-state index is 14.8. The Kier molecular flexibility index (Phi) is 29.6. The van der Waals surface area contributed by atoms with E-state index in [1.54, 1.807) is 36.0 Å². The number of carbonyl (C=O) groups excluding carboxylic acids is 8. The first kappa shape index (κ1) is 74.8. The van der Waals surface area contributed by atoms with Gasteiger partial charge in [0.1, 0.15) is 36.3 Å². The van der Waals surface area contributed by atoms with Gasteiger partial charge in [-0.3, -0.25) is 38.4 Å². The van der Waals surface area contributed by atoms with E-state index in [2.05, 4.69) is 72.1 Å².